The van der Waals surface area contributed by atoms with Gasteiger partial charge in [0.25, 0.3) is 0 Å². The second-order valence-corrected chi connectivity index (χ2v) is 4.17. The number of hydrogen-bond donors (Lipinski definition) is 2. The van der Waals surface area contributed by atoms with Crippen molar-refractivity contribution in [1.29, 1.82) is 0 Å². The second-order valence-electron chi connectivity index (χ2n) is 4.17. The first kappa shape index (κ1) is 11.6. The van der Waals surface area contributed by atoms with Crippen molar-refractivity contribution < 1.29 is 9.47 Å². The molecule has 0 saturated heterocycles. The van der Waals surface area contributed by atoms with Crippen molar-refractivity contribution in [1.82, 2.24) is 9.97 Å². The van der Waals surface area contributed by atoms with E-state index in [2.05, 4.69) is 20.6 Å². The normalized spacial score (nSPS) is 12.3. The Bertz CT molecular complexity index is 616. The van der Waals surface area contributed by atoms with Gasteiger partial charge >= 0.3 is 0 Å². The third-order valence-corrected chi connectivity index (χ3v) is 2.83. The molecule has 0 fully saturated rings. The lowest BCUT2D eigenvalue weighted by Gasteiger charge is -2.10. The number of anilines is 3. The number of rotatable bonds is 3. The van der Waals surface area contributed by atoms with Crippen LogP contribution in [0, 0.1) is 6.92 Å². The van der Waals surface area contributed by atoms with Crippen molar-refractivity contribution in [2.75, 3.05) is 24.5 Å². The molecule has 1 aromatic carbocycles. The largest absolute Gasteiger partial charge is 0.454 e. The molecule has 0 amide bonds. The highest BCUT2D eigenvalue weighted by Crippen LogP contribution is 2.35. The standard InChI is InChI=1S/C13H14N4O2/c1-8-6-15-13(14-2)17-12(8)16-9-3-4-10-11(5-9)19-7-18-10/h3-6H,7H2,1-2H3,(H2,14,15,16,17). The van der Waals surface area contributed by atoms with Gasteiger partial charge < -0.3 is 20.1 Å². The fourth-order valence-electron chi connectivity index (χ4n) is 1.80. The summed E-state index contributed by atoms with van der Waals surface area (Å²) in [6.45, 7) is 2.23. The van der Waals surface area contributed by atoms with Crippen LogP contribution in [0.5, 0.6) is 11.5 Å². The van der Waals surface area contributed by atoms with E-state index in [9.17, 15) is 0 Å². The first-order valence-corrected chi connectivity index (χ1v) is 5.94. The van der Waals surface area contributed by atoms with Crippen molar-refractivity contribution in [3.05, 3.63) is 30.0 Å². The molecule has 2 aromatic rings. The zero-order valence-corrected chi connectivity index (χ0v) is 10.7. The van der Waals surface area contributed by atoms with E-state index in [1.807, 2.05) is 25.1 Å². The van der Waals surface area contributed by atoms with E-state index in [0.29, 0.717) is 5.95 Å². The number of nitrogens with one attached hydrogen (secondary N) is 2. The number of aromatic nitrogens is 2. The molecule has 6 heteroatoms. The van der Waals surface area contributed by atoms with Crippen molar-refractivity contribution in [2.24, 2.45) is 0 Å². The minimum atomic E-state index is 0.273. The quantitative estimate of drug-likeness (QED) is 0.880. The minimum absolute atomic E-state index is 0.273. The zero-order chi connectivity index (χ0) is 13.2. The van der Waals surface area contributed by atoms with Gasteiger partial charge in [0.1, 0.15) is 5.82 Å². The molecule has 6 nitrogen and oxygen atoms in total. The molecule has 0 aliphatic carbocycles. The van der Waals surface area contributed by atoms with Crippen LogP contribution < -0.4 is 20.1 Å². The Morgan fingerprint density at radius 2 is 2.05 bits per heavy atom. The van der Waals surface area contributed by atoms with Crippen LogP contribution in [0.2, 0.25) is 0 Å². The molecule has 3 rings (SSSR count). The third kappa shape index (κ3) is 2.24. The number of nitrogens with zero attached hydrogens (tertiary/aromatic N) is 2. The van der Waals surface area contributed by atoms with Crippen LogP contribution in [0.4, 0.5) is 17.5 Å². The highest BCUT2D eigenvalue weighted by molar-refractivity contribution is 5.64. The topological polar surface area (TPSA) is 68.3 Å². The summed E-state index contributed by atoms with van der Waals surface area (Å²) in [5, 5.41) is 6.17. The van der Waals surface area contributed by atoms with Crippen LogP contribution in [-0.4, -0.2) is 23.8 Å². The highest BCUT2D eigenvalue weighted by Gasteiger charge is 2.13. The molecular weight excluding hydrogens is 244 g/mol. The Labute approximate surface area is 110 Å². The summed E-state index contributed by atoms with van der Waals surface area (Å²) >= 11 is 0. The molecular formula is C13H14N4O2. The monoisotopic (exact) mass is 258 g/mol. The van der Waals surface area contributed by atoms with Gasteiger partial charge in [-0.2, -0.15) is 4.98 Å². The highest BCUT2D eigenvalue weighted by atomic mass is 16.7. The summed E-state index contributed by atoms with van der Waals surface area (Å²) in [5.41, 5.74) is 1.87. The van der Waals surface area contributed by atoms with Gasteiger partial charge in [-0.1, -0.05) is 0 Å². The van der Waals surface area contributed by atoms with Crippen molar-refractivity contribution in [3.63, 3.8) is 0 Å². The maximum atomic E-state index is 5.34. The lowest BCUT2D eigenvalue weighted by Crippen LogP contribution is -2.02. The van der Waals surface area contributed by atoms with Crippen LogP contribution >= 0.6 is 0 Å². The molecule has 0 bridgehead atoms. The zero-order valence-electron chi connectivity index (χ0n) is 10.7. The Balaban J connectivity index is 1.88. The van der Waals surface area contributed by atoms with E-state index in [4.69, 9.17) is 9.47 Å². The average molecular weight is 258 g/mol. The Morgan fingerprint density at radius 3 is 2.89 bits per heavy atom. The van der Waals surface area contributed by atoms with Crippen LogP contribution in [0.25, 0.3) is 0 Å². The molecule has 1 aliphatic rings. The van der Waals surface area contributed by atoms with Gasteiger partial charge in [0, 0.05) is 30.6 Å². The Kier molecular flexibility index (Phi) is 2.83. The lowest BCUT2D eigenvalue weighted by molar-refractivity contribution is 0.174. The molecule has 0 atom stereocenters. The lowest BCUT2D eigenvalue weighted by atomic mass is 10.2. The van der Waals surface area contributed by atoms with E-state index < -0.39 is 0 Å². The molecule has 98 valence electrons. The summed E-state index contributed by atoms with van der Waals surface area (Å²) in [5.74, 6) is 2.85. The van der Waals surface area contributed by atoms with Crippen LogP contribution in [0.1, 0.15) is 5.56 Å². The maximum Gasteiger partial charge on any atom is 0.231 e. The number of benzene rings is 1. The third-order valence-electron chi connectivity index (χ3n) is 2.83. The molecule has 0 spiro atoms. The first-order chi connectivity index (χ1) is 9.26. The van der Waals surface area contributed by atoms with Gasteiger partial charge in [0.05, 0.1) is 0 Å². The Morgan fingerprint density at radius 1 is 1.21 bits per heavy atom. The van der Waals surface area contributed by atoms with Gasteiger partial charge in [0.15, 0.2) is 11.5 Å². The summed E-state index contributed by atoms with van der Waals surface area (Å²) in [4.78, 5) is 8.52. The minimum Gasteiger partial charge on any atom is -0.454 e. The van der Waals surface area contributed by atoms with E-state index in [1.165, 1.54) is 0 Å². The number of aryl methyl sites for hydroxylation is 1. The molecule has 1 aliphatic heterocycles. The van der Waals surface area contributed by atoms with Crippen LogP contribution in [-0.2, 0) is 0 Å². The summed E-state index contributed by atoms with van der Waals surface area (Å²) in [6.07, 6.45) is 1.77. The van der Waals surface area contributed by atoms with Crippen LogP contribution in [0.3, 0.4) is 0 Å². The van der Waals surface area contributed by atoms with Gasteiger partial charge in [-0.15, -0.1) is 0 Å². The number of ether oxygens (including phenoxy) is 2. The van der Waals surface area contributed by atoms with E-state index >= 15 is 0 Å². The SMILES string of the molecule is CNc1ncc(C)c(Nc2ccc3c(c2)OCO3)n1. The van der Waals surface area contributed by atoms with Gasteiger partial charge in [-0.05, 0) is 19.1 Å². The van der Waals surface area contributed by atoms with Crippen molar-refractivity contribution in [2.45, 2.75) is 6.92 Å². The van der Waals surface area contributed by atoms with Crippen LogP contribution in [0.15, 0.2) is 24.4 Å². The summed E-state index contributed by atoms with van der Waals surface area (Å²) in [6, 6.07) is 5.69. The first-order valence-electron chi connectivity index (χ1n) is 5.94. The molecule has 19 heavy (non-hydrogen) atoms. The molecule has 2 heterocycles. The van der Waals surface area contributed by atoms with Crippen molar-refractivity contribution >= 4 is 17.5 Å². The number of hydrogen-bond acceptors (Lipinski definition) is 6. The van der Waals surface area contributed by atoms with Gasteiger partial charge in [-0.3, -0.25) is 0 Å². The maximum absolute atomic E-state index is 5.34. The van der Waals surface area contributed by atoms with E-state index in [0.717, 1.165) is 28.6 Å². The predicted molar refractivity (Wildman–Crippen MR) is 72.2 cm³/mol. The molecule has 0 radical (unpaired) electrons. The van der Waals surface area contributed by atoms with E-state index in [1.54, 1.807) is 13.2 Å². The fourth-order valence-corrected chi connectivity index (χ4v) is 1.80. The molecule has 0 saturated carbocycles. The summed E-state index contributed by atoms with van der Waals surface area (Å²) in [7, 11) is 1.79. The smallest absolute Gasteiger partial charge is 0.231 e. The van der Waals surface area contributed by atoms with Gasteiger partial charge in [-0.25, -0.2) is 4.98 Å². The van der Waals surface area contributed by atoms with Gasteiger partial charge in [0.2, 0.25) is 12.7 Å². The molecule has 1 aromatic heterocycles. The number of fused-ring (bicyclic) bond motifs is 1. The molecule has 2 N–H and O–H groups in total. The summed E-state index contributed by atoms with van der Waals surface area (Å²) < 4.78 is 10.6. The predicted octanol–water partition coefficient (Wildman–Crippen LogP) is 2.30. The fraction of sp³-hybridized carbons (Fsp3) is 0.231. The average Bonchev–Trinajstić information content (AvgIpc) is 2.89. The van der Waals surface area contributed by atoms with E-state index in [-0.39, 0.29) is 6.79 Å². The van der Waals surface area contributed by atoms with Crippen molar-refractivity contribution in [3.8, 4) is 11.5 Å². The Hall–Kier alpha value is -2.50. The molecule has 0 unspecified atom stereocenters. The second kappa shape index (κ2) is 4.64.